The number of benzene rings is 1. The molecule has 0 bridgehead atoms. The van der Waals surface area contributed by atoms with Crippen LogP contribution in [-0.4, -0.2) is 37.0 Å². The van der Waals surface area contributed by atoms with E-state index in [2.05, 4.69) is 27.7 Å². The summed E-state index contributed by atoms with van der Waals surface area (Å²) >= 11 is 1.79. The van der Waals surface area contributed by atoms with Crippen LogP contribution in [0.5, 0.6) is 5.75 Å². The molecule has 0 aliphatic carbocycles. The number of hydrogen-bond acceptors (Lipinski definition) is 4. The Morgan fingerprint density at radius 1 is 1.33 bits per heavy atom. The molecule has 0 saturated carbocycles. The lowest BCUT2D eigenvalue weighted by Gasteiger charge is -2.32. The Labute approximate surface area is 147 Å². The lowest BCUT2D eigenvalue weighted by Crippen LogP contribution is -2.47. The minimum atomic E-state index is 0.0717. The Morgan fingerprint density at radius 2 is 2.21 bits per heavy atom. The zero-order chi connectivity index (χ0) is 16.8. The molecule has 1 aromatic heterocycles. The third-order valence-corrected chi connectivity index (χ3v) is 5.23. The number of methoxy groups -OCH3 is 1. The predicted octanol–water partition coefficient (Wildman–Crippen LogP) is 3.08. The van der Waals surface area contributed by atoms with E-state index in [1.807, 2.05) is 24.3 Å². The molecule has 1 aliphatic heterocycles. The van der Waals surface area contributed by atoms with E-state index < -0.39 is 0 Å². The maximum Gasteiger partial charge on any atom is 0.224 e. The van der Waals surface area contributed by atoms with Crippen molar-refractivity contribution < 1.29 is 9.53 Å². The molecule has 1 N–H and O–H groups in total. The van der Waals surface area contributed by atoms with Gasteiger partial charge < -0.3 is 10.1 Å². The molecule has 1 fully saturated rings. The first-order valence-electron chi connectivity index (χ1n) is 8.40. The topological polar surface area (TPSA) is 41.6 Å². The lowest BCUT2D eigenvalue weighted by molar-refractivity contribution is -0.121. The molecule has 5 heteroatoms. The van der Waals surface area contributed by atoms with Gasteiger partial charge in [0.2, 0.25) is 5.91 Å². The summed E-state index contributed by atoms with van der Waals surface area (Å²) in [6.45, 7) is 3.02. The number of para-hydroxylation sites is 1. The van der Waals surface area contributed by atoms with E-state index in [0.717, 1.165) is 43.8 Å². The summed E-state index contributed by atoms with van der Waals surface area (Å²) in [5.74, 6) is 0.845. The highest BCUT2D eigenvalue weighted by Gasteiger charge is 2.22. The van der Waals surface area contributed by atoms with Crippen molar-refractivity contribution in [2.24, 2.45) is 0 Å². The van der Waals surface area contributed by atoms with Gasteiger partial charge in [0.15, 0.2) is 0 Å². The molecule has 4 nitrogen and oxygen atoms in total. The second-order valence-corrected chi connectivity index (χ2v) is 7.24. The number of hydrogen-bond donors (Lipinski definition) is 1. The zero-order valence-corrected chi connectivity index (χ0v) is 14.8. The van der Waals surface area contributed by atoms with Crippen LogP contribution in [-0.2, 0) is 17.8 Å². The molecule has 128 valence electrons. The van der Waals surface area contributed by atoms with Gasteiger partial charge in [-0.25, -0.2) is 0 Å². The molecule has 1 aromatic carbocycles. The molecule has 1 atom stereocenters. The van der Waals surface area contributed by atoms with Crippen LogP contribution in [0.25, 0.3) is 0 Å². The maximum absolute atomic E-state index is 12.4. The Hall–Kier alpha value is -1.85. The zero-order valence-electron chi connectivity index (χ0n) is 14.0. The number of thiophene rings is 1. The first-order chi connectivity index (χ1) is 11.7. The summed E-state index contributed by atoms with van der Waals surface area (Å²) in [7, 11) is 1.64. The Morgan fingerprint density at radius 3 is 3.00 bits per heavy atom. The fraction of sp³-hybridized carbons (Fsp3) is 0.421. The van der Waals surface area contributed by atoms with Gasteiger partial charge in [0, 0.05) is 29.6 Å². The summed E-state index contributed by atoms with van der Waals surface area (Å²) in [6.07, 6.45) is 2.55. The van der Waals surface area contributed by atoms with Crippen LogP contribution in [0.15, 0.2) is 41.8 Å². The van der Waals surface area contributed by atoms with Crippen molar-refractivity contribution in [3.63, 3.8) is 0 Å². The number of amides is 1. The predicted molar refractivity (Wildman–Crippen MR) is 97.5 cm³/mol. The molecule has 24 heavy (non-hydrogen) atoms. The molecular formula is C19H24N2O2S. The third kappa shape index (κ3) is 4.58. The molecule has 1 aliphatic rings. The number of likely N-dealkylation sites (tertiary alicyclic amines) is 1. The second-order valence-electron chi connectivity index (χ2n) is 6.21. The number of carbonyl (C=O) groups is 1. The first kappa shape index (κ1) is 17.0. The molecule has 1 saturated heterocycles. The number of rotatable bonds is 6. The smallest absolute Gasteiger partial charge is 0.224 e. The largest absolute Gasteiger partial charge is 0.496 e. The van der Waals surface area contributed by atoms with Gasteiger partial charge in [-0.2, -0.15) is 0 Å². The molecular weight excluding hydrogens is 320 g/mol. The summed E-state index contributed by atoms with van der Waals surface area (Å²) in [5, 5.41) is 5.31. The summed E-state index contributed by atoms with van der Waals surface area (Å²) in [5.41, 5.74) is 0.934. The molecule has 3 rings (SSSR count). The van der Waals surface area contributed by atoms with Crippen LogP contribution in [0.1, 0.15) is 23.3 Å². The maximum atomic E-state index is 12.4. The van der Waals surface area contributed by atoms with Crippen molar-refractivity contribution in [3.8, 4) is 5.75 Å². The quantitative estimate of drug-likeness (QED) is 0.876. The van der Waals surface area contributed by atoms with Crippen molar-refractivity contribution in [1.29, 1.82) is 0 Å². The van der Waals surface area contributed by atoms with Crippen LogP contribution in [0, 0.1) is 0 Å². The van der Waals surface area contributed by atoms with Crippen LogP contribution in [0.4, 0.5) is 0 Å². The minimum Gasteiger partial charge on any atom is -0.496 e. The first-order valence-corrected chi connectivity index (χ1v) is 9.28. The average molecular weight is 344 g/mol. The fourth-order valence-electron chi connectivity index (χ4n) is 3.24. The highest BCUT2D eigenvalue weighted by molar-refractivity contribution is 7.09. The lowest BCUT2D eigenvalue weighted by atomic mass is 10.0. The van der Waals surface area contributed by atoms with E-state index >= 15 is 0 Å². The highest BCUT2D eigenvalue weighted by atomic mass is 32.1. The number of piperidine rings is 1. The van der Waals surface area contributed by atoms with Gasteiger partial charge in [-0.15, -0.1) is 11.3 Å². The number of carbonyl (C=O) groups excluding carboxylic acids is 1. The summed E-state index contributed by atoms with van der Waals surface area (Å²) < 4.78 is 5.32. The number of nitrogens with zero attached hydrogens (tertiary/aromatic N) is 1. The van der Waals surface area contributed by atoms with E-state index in [1.54, 1.807) is 18.4 Å². The van der Waals surface area contributed by atoms with Crippen LogP contribution in [0.3, 0.4) is 0 Å². The van der Waals surface area contributed by atoms with Crippen LogP contribution >= 0.6 is 11.3 Å². The van der Waals surface area contributed by atoms with Gasteiger partial charge in [-0.05, 0) is 36.9 Å². The Bertz CT molecular complexity index is 657. The summed E-state index contributed by atoms with van der Waals surface area (Å²) in [6, 6.07) is 12.2. The fourth-order valence-corrected chi connectivity index (χ4v) is 3.99. The third-order valence-electron chi connectivity index (χ3n) is 4.37. The summed E-state index contributed by atoms with van der Waals surface area (Å²) in [4.78, 5) is 16.2. The second kappa shape index (κ2) is 8.31. The van der Waals surface area contributed by atoms with E-state index in [-0.39, 0.29) is 11.9 Å². The normalized spacial score (nSPS) is 18.3. The van der Waals surface area contributed by atoms with Crippen LogP contribution < -0.4 is 10.1 Å². The van der Waals surface area contributed by atoms with Crippen molar-refractivity contribution in [3.05, 3.63) is 52.2 Å². The SMILES string of the molecule is COc1ccccc1CC(=O)NC1CCCN(Cc2cccs2)C1. The van der Waals surface area contributed by atoms with Crippen molar-refractivity contribution in [2.45, 2.75) is 31.8 Å². The van der Waals surface area contributed by atoms with Gasteiger partial charge >= 0.3 is 0 Å². The van der Waals surface area contributed by atoms with Crippen molar-refractivity contribution in [2.75, 3.05) is 20.2 Å². The van der Waals surface area contributed by atoms with Gasteiger partial charge in [0.25, 0.3) is 0 Å². The van der Waals surface area contributed by atoms with Gasteiger partial charge in [0.1, 0.15) is 5.75 Å². The van der Waals surface area contributed by atoms with Gasteiger partial charge in [0.05, 0.1) is 13.5 Å². The van der Waals surface area contributed by atoms with E-state index in [1.165, 1.54) is 4.88 Å². The molecule has 0 radical (unpaired) electrons. The van der Waals surface area contributed by atoms with E-state index in [9.17, 15) is 4.79 Å². The molecule has 1 unspecified atom stereocenters. The van der Waals surface area contributed by atoms with Crippen molar-refractivity contribution >= 4 is 17.2 Å². The number of nitrogens with one attached hydrogen (secondary N) is 1. The molecule has 1 amide bonds. The highest BCUT2D eigenvalue weighted by Crippen LogP contribution is 2.19. The Kier molecular flexibility index (Phi) is 5.88. The number of ether oxygens (including phenoxy) is 1. The minimum absolute atomic E-state index is 0.0717. The van der Waals surface area contributed by atoms with Crippen molar-refractivity contribution in [1.82, 2.24) is 10.2 Å². The molecule has 2 aromatic rings. The van der Waals surface area contributed by atoms with Gasteiger partial charge in [-0.3, -0.25) is 9.69 Å². The average Bonchev–Trinajstić information content (AvgIpc) is 3.08. The molecule has 0 spiro atoms. The molecule has 2 heterocycles. The monoisotopic (exact) mass is 344 g/mol. The van der Waals surface area contributed by atoms with E-state index in [0.29, 0.717) is 6.42 Å². The van der Waals surface area contributed by atoms with Crippen LogP contribution in [0.2, 0.25) is 0 Å². The van der Waals surface area contributed by atoms with E-state index in [4.69, 9.17) is 4.74 Å². The Balaban J connectivity index is 1.52. The van der Waals surface area contributed by atoms with Gasteiger partial charge in [-0.1, -0.05) is 24.3 Å². The standard InChI is InChI=1S/C19H24N2O2S/c1-23-18-9-3-2-6-15(18)12-19(22)20-16-7-4-10-21(13-16)14-17-8-5-11-24-17/h2-3,5-6,8-9,11,16H,4,7,10,12-14H2,1H3,(H,20,22).